The van der Waals surface area contributed by atoms with Crippen LogP contribution in [-0.2, 0) is 9.53 Å². The molecule has 4 aliphatic rings. The maximum atomic E-state index is 12.2. The van der Waals surface area contributed by atoms with Gasteiger partial charge in [-0.3, -0.25) is 4.79 Å². The van der Waals surface area contributed by atoms with Crippen molar-refractivity contribution in [1.82, 2.24) is 0 Å². The van der Waals surface area contributed by atoms with Crippen LogP contribution in [0.3, 0.4) is 0 Å². The quantitative estimate of drug-likeness (QED) is 0.712. The SMILES string of the molecule is CCC(C)C(=O)OC(C)(C)C12CC3CC(CC1C3)C2. The predicted octanol–water partition coefficient (Wildman–Crippen LogP) is 4.18. The summed E-state index contributed by atoms with van der Waals surface area (Å²) in [6, 6.07) is 0. The number of ether oxygens (including phenoxy) is 1. The molecule has 0 heterocycles. The fourth-order valence-corrected chi connectivity index (χ4v) is 5.40. The van der Waals surface area contributed by atoms with Crippen LogP contribution in [0, 0.1) is 29.1 Å². The van der Waals surface area contributed by atoms with E-state index >= 15 is 0 Å². The maximum Gasteiger partial charge on any atom is 0.309 e. The largest absolute Gasteiger partial charge is 0.459 e. The van der Waals surface area contributed by atoms with Gasteiger partial charge in [0.05, 0.1) is 5.92 Å². The average Bonchev–Trinajstić information content (AvgIpc) is 2.74. The Kier molecular flexibility index (Phi) is 3.00. The van der Waals surface area contributed by atoms with Crippen LogP contribution in [0.2, 0.25) is 0 Å². The molecule has 4 aliphatic carbocycles. The summed E-state index contributed by atoms with van der Waals surface area (Å²) < 4.78 is 6.01. The summed E-state index contributed by atoms with van der Waals surface area (Å²) in [6.07, 6.45) is 7.69. The third-order valence-corrected chi connectivity index (χ3v) is 6.56. The summed E-state index contributed by atoms with van der Waals surface area (Å²) in [5, 5.41) is 0. The third-order valence-electron chi connectivity index (χ3n) is 6.56. The maximum absolute atomic E-state index is 12.2. The highest BCUT2D eigenvalue weighted by molar-refractivity contribution is 5.72. The second-order valence-electron chi connectivity index (χ2n) is 7.94. The highest BCUT2D eigenvalue weighted by atomic mass is 16.6. The summed E-state index contributed by atoms with van der Waals surface area (Å²) in [4.78, 5) is 12.2. The van der Waals surface area contributed by atoms with Crippen LogP contribution < -0.4 is 0 Å². The number of hydrogen-bond donors (Lipinski definition) is 0. The Morgan fingerprint density at radius 3 is 2.37 bits per heavy atom. The molecule has 108 valence electrons. The van der Waals surface area contributed by atoms with Crippen molar-refractivity contribution in [3.8, 4) is 0 Å². The molecule has 3 unspecified atom stereocenters. The van der Waals surface area contributed by atoms with E-state index in [1.807, 2.05) is 6.92 Å². The average molecular weight is 264 g/mol. The Balaban J connectivity index is 1.79. The van der Waals surface area contributed by atoms with E-state index in [9.17, 15) is 4.79 Å². The Hall–Kier alpha value is -0.530. The van der Waals surface area contributed by atoms with Crippen molar-refractivity contribution >= 4 is 5.97 Å². The van der Waals surface area contributed by atoms with E-state index in [4.69, 9.17) is 4.74 Å². The topological polar surface area (TPSA) is 26.3 Å². The summed E-state index contributed by atoms with van der Waals surface area (Å²) >= 11 is 0. The molecule has 3 atom stereocenters. The zero-order chi connectivity index (χ0) is 13.8. The second-order valence-corrected chi connectivity index (χ2v) is 7.94. The molecule has 4 rings (SSSR count). The summed E-state index contributed by atoms with van der Waals surface area (Å²) in [5.74, 6) is 2.69. The van der Waals surface area contributed by atoms with Crippen LogP contribution in [0.4, 0.5) is 0 Å². The lowest BCUT2D eigenvalue weighted by atomic mass is 9.65. The lowest BCUT2D eigenvalue weighted by molar-refractivity contribution is -0.179. The second kappa shape index (κ2) is 4.23. The lowest BCUT2D eigenvalue weighted by Gasteiger charge is -2.46. The first kappa shape index (κ1) is 13.5. The molecule has 0 radical (unpaired) electrons. The van der Waals surface area contributed by atoms with E-state index in [0.29, 0.717) is 5.41 Å². The third kappa shape index (κ3) is 1.86. The molecule has 4 saturated carbocycles. The van der Waals surface area contributed by atoms with Crippen LogP contribution in [-0.4, -0.2) is 11.6 Å². The van der Waals surface area contributed by atoms with Gasteiger partial charge in [-0.15, -0.1) is 0 Å². The van der Waals surface area contributed by atoms with E-state index in [0.717, 1.165) is 24.2 Å². The molecule has 19 heavy (non-hydrogen) atoms. The molecule has 4 bridgehead atoms. The molecule has 0 aliphatic heterocycles. The molecule has 0 aromatic carbocycles. The molecule has 0 N–H and O–H groups in total. The van der Waals surface area contributed by atoms with E-state index in [1.54, 1.807) is 0 Å². The fourth-order valence-electron chi connectivity index (χ4n) is 5.40. The molecule has 0 amide bonds. The minimum Gasteiger partial charge on any atom is -0.459 e. The number of esters is 1. The number of rotatable bonds is 4. The Morgan fingerprint density at radius 1 is 1.26 bits per heavy atom. The first-order valence-electron chi connectivity index (χ1n) is 8.11. The Labute approximate surface area is 117 Å². The van der Waals surface area contributed by atoms with Gasteiger partial charge >= 0.3 is 5.97 Å². The van der Waals surface area contributed by atoms with Crippen molar-refractivity contribution in [2.45, 2.75) is 71.8 Å². The van der Waals surface area contributed by atoms with E-state index in [-0.39, 0.29) is 17.5 Å². The zero-order valence-electron chi connectivity index (χ0n) is 12.9. The number of hydrogen-bond acceptors (Lipinski definition) is 2. The van der Waals surface area contributed by atoms with Crippen LogP contribution in [0.15, 0.2) is 0 Å². The zero-order valence-corrected chi connectivity index (χ0v) is 12.9. The molecule has 2 nitrogen and oxygen atoms in total. The molecule has 4 fully saturated rings. The predicted molar refractivity (Wildman–Crippen MR) is 75.6 cm³/mol. The molecule has 0 aromatic heterocycles. The summed E-state index contributed by atoms with van der Waals surface area (Å²) in [7, 11) is 0. The Morgan fingerprint density at radius 2 is 1.84 bits per heavy atom. The summed E-state index contributed by atoms with van der Waals surface area (Å²) in [5.41, 5.74) is 0.0196. The van der Waals surface area contributed by atoms with Crippen LogP contribution in [0.25, 0.3) is 0 Å². The number of carbonyl (C=O) groups is 1. The highest BCUT2D eigenvalue weighted by Gasteiger charge is 2.64. The normalized spacial score (nSPS) is 41.6. The molecule has 2 heteroatoms. The molecular formula is C17H28O2. The van der Waals surface area contributed by atoms with Crippen LogP contribution in [0.5, 0.6) is 0 Å². The lowest BCUT2D eigenvalue weighted by Crippen LogP contribution is -2.48. The van der Waals surface area contributed by atoms with Gasteiger partial charge in [0.25, 0.3) is 0 Å². The first-order valence-corrected chi connectivity index (χ1v) is 8.11. The van der Waals surface area contributed by atoms with Gasteiger partial charge in [0.1, 0.15) is 5.60 Å². The standard InChI is InChI=1S/C17H28O2/c1-5-11(2)15(18)19-16(3,4)17-9-12-6-13(10-17)8-14(17)7-12/h11-14H,5-10H2,1-4H3. The van der Waals surface area contributed by atoms with Crippen LogP contribution in [0.1, 0.15) is 66.2 Å². The molecule has 0 spiro atoms. The van der Waals surface area contributed by atoms with Crippen molar-refractivity contribution in [2.75, 3.05) is 0 Å². The Bertz CT molecular complexity index is 371. The van der Waals surface area contributed by atoms with Crippen molar-refractivity contribution in [1.29, 1.82) is 0 Å². The van der Waals surface area contributed by atoms with E-state index in [1.165, 1.54) is 32.1 Å². The minimum atomic E-state index is -0.276. The monoisotopic (exact) mass is 264 g/mol. The van der Waals surface area contributed by atoms with Crippen molar-refractivity contribution in [3.63, 3.8) is 0 Å². The van der Waals surface area contributed by atoms with Gasteiger partial charge in [-0.25, -0.2) is 0 Å². The fraction of sp³-hybridized carbons (Fsp3) is 0.941. The van der Waals surface area contributed by atoms with Crippen molar-refractivity contribution in [2.24, 2.45) is 29.1 Å². The highest BCUT2D eigenvalue weighted by Crippen LogP contribution is 2.69. The van der Waals surface area contributed by atoms with Gasteiger partial charge in [-0.05, 0) is 70.1 Å². The van der Waals surface area contributed by atoms with Crippen molar-refractivity contribution in [3.05, 3.63) is 0 Å². The van der Waals surface area contributed by atoms with E-state index in [2.05, 4.69) is 20.8 Å². The van der Waals surface area contributed by atoms with Crippen LogP contribution >= 0.6 is 0 Å². The van der Waals surface area contributed by atoms with Gasteiger partial charge in [-0.1, -0.05) is 13.8 Å². The van der Waals surface area contributed by atoms with Gasteiger partial charge in [0.2, 0.25) is 0 Å². The van der Waals surface area contributed by atoms with Gasteiger partial charge in [-0.2, -0.15) is 0 Å². The number of carbonyl (C=O) groups excluding carboxylic acids is 1. The minimum absolute atomic E-state index is 0.00750. The smallest absolute Gasteiger partial charge is 0.309 e. The summed E-state index contributed by atoms with van der Waals surface area (Å²) in [6.45, 7) is 8.39. The molecule has 0 aromatic rings. The molecular weight excluding hydrogens is 236 g/mol. The van der Waals surface area contributed by atoms with Gasteiger partial charge in [0, 0.05) is 5.41 Å². The first-order chi connectivity index (χ1) is 8.88. The van der Waals surface area contributed by atoms with Gasteiger partial charge < -0.3 is 4.74 Å². The molecule has 0 saturated heterocycles. The van der Waals surface area contributed by atoms with Crippen molar-refractivity contribution < 1.29 is 9.53 Å². The van der Waals surface area contributed by atoms with Gasteiger partial charge in [0.15, 0.2) is 0 Å². The van der Waals surface area contributed by atoms with E-state index < -0.39 is 0 Å².